The highest BCUT2D eigenvalue weighted by atomic mass is 16.6. The number of aryl methyl sites for hydroxylation is 1. The monoisotopic (exact) mass is 195 g/mol. The van der Waals surface area contributed by atoms with Gasteiger partial charge in [0.2, 0.25) is 0 Å². The molecule has 2 rings (SSSR count). The summed E-state index contributed by atoms with van der Waals surface area (Å²) in [6.45, 7) is 3.61. The average molecular weight is 195 g/mol. The molecule has 1 aliphatic heterocycles. The highest BCUT2D eigenvalue weighted by Crippen LogP contribution is 2.12. The van der Waals surface area contributed by atoms with Gasteiger partial charge >= 0.3 is 6.01 Å². The number of ether oxygens (including phenoxy) is 2. The summed E-state index contributed by atoms with van der Waals surface area (Å²) in [5.41, 5.74) is 7.32. The van der Waals surface area contributed by atoms with E-state index < -0.39 is 0 Å². The quantitative estimate of drug-likeness (QED) is 0.736. The molecule has 1 fully saturated rings. The Balaban J connectivity index is 2.07. The van der Waals surface area contributed by atoms with Crippen LogP contribution in [0.4, 0.5) is 0 Å². The van der Waals surface area contributed by atoms with Crippen LogP contribution in [0.5, 0.6) is 6.01 Å². The predicted octanol–water partition coefficient (Wildman–Crippen LogP) is 0.0213. The van der Waals surface area contributed by atoms with E-state index in [0.29, 0.717) is 25.8 Å². The van der Waals surface area contributed by atoms with Crippen LogP contribution in [-0.4, -0.2) is 29.3 Å². The summed E-state index contributed by atoms with van der Waals surface area (Å²) < 4.78 is 10.4. The third-order valence-electron chi connectivity index (χ3n) is 2.16. The molecule has 2 heterocycles. The zero-order valence-corrected chi connectivity index (χ0v) is 8.06. The lowest BCUT2D eigenvalue weighted by atomic mass is 10.2. The molecule has 0 amide bonds. The summed E-state index contributed by atoms with van der Waals surface area (Å²) in [6.07, 6.45) is 1.81. The summed E-state index contributed by atoms with van der Waals surface area (Å²) in [6, 6.07) is 0.410. The van der Waals surface area contributed by atoms with Crippen LogP contribution in [0, 0.1) is 6.92 Å². The third-order valence-corrected chi connectivity index (χ3v) is 2.16. The van der Waals surface area contributed by atoms with E-state index in [4.69, 9.17) is 15.2 Å². The van der Waals surface area contributed by atoms with E-state index in [-0.39, 0.29) is 6.10 Å². The first-order valence-corrected chi connectivity index (χ1v) is 4.56. The van der Waals surface area contributed by atoms with Crippen LogP contribution in [0.3, 0.4) is 0 Å². The maximum Gasteiger partial charge on any atom is 0.317 e. The van der Waals surface area contributed by atoms with Crippen LogP contribution >= 0.6 is 0 Å². The number of hydrogen-bond donors (Lipinski definition) is 1. The van der Waals surface area contributed by atoms with E-state index in [9.17, 15) is 0 Å². The molecule has 2 N–H and O–H groups in total. The summed E-state index contributed by atoms with van der Waals surface area (Å²) in [5, 5.41) is 0. The topological polar surface area (TPSA) is 70.3 Å². The van der Waals surface area contributed by atoms with Gasteiger partial charge < -0.3 is 15.2 Å². The molecule has 0 aromatic carbocycles. The van der Waals surface area contributed by atoms with Gasteiger partial charge in [-0.05, 0) is 6.92 Å². The lowest BCUT2D eigenvalue weighted by Gasteiger charge is -2.25. The Morgan fingerprint density at radius 1 is 1.64 bits per heavy atom. The van der Waals surface area contributed by atoms with Crippen molar-refractivity contribution in [1.29, 1.82) is 0 Å². The van der Waals surface area contributed by atoms with Crippen LogP contribution in [0.25, 0.3) is 0 Å². The van der Waals surface area contributed by atoms with Crippen LogP contribution in [-0.2, 0) is 11.3 Å². The molecule has 0 atom stereocenters. The van der Waals surface area contributed by atoms with E-state index in [2.05, 4.69) is 9.97 Å². The molecule has 1 aliphatic rings. The second-order valence-electron chi connectivity index (χ2n) is 3.24. The normalized spacial score (nSPS) is 16.4. The van der Waals surface area contributed by atoms with Crippen molar-refractivity contribution in [1.82, 2.24) is 9.97 Å². The van der Waals surface area contributed by atoms with Gasteiger partial charge in [0.1, 0.15) is 6.10 Å². The Kier molecular flexibility index (Phi) is 2.60. The molecule has 0 radical (unpaired) electrons. The molecule has 1 saturated heterocycles. The van der Waals surface area contributed by atoms with Gasteiger partial charge in [0.05, 0.1) is 13.2 Å². The molecule has 5 nitrogen and oxygen atoms in total. The minimum Gasteiger partial charge on any atom is -0.455 e. The first-order valence-electron chi connectivity index (χ1n) is 4.56. The lowest BCUT2D eigenvalue weighted by Crippen LogP contribution is -2.39. The molecule has 0 bridgehead atoms. The summed E-state index contributed by atoms with van der Waals surface area (Å²) in [4.78, 5) is 8.26. The van der Waals surface area contributed by atoms with Crippen LogP contribution in [0.1, 0.15) is 11.3 Å². The Hall–Kier alpha value is -1.20. The zero-order valence-electron chi connectivity index (χ0n) is 8.06. The molecule has 76 valence electrons. The van der Waals surface area contributed by atoms with Crippen LogP contribution in [0.15, 0.2) is 6.20 Å². The maximum atomic E-state index is 5.50. The van der Waals surface area contributed by atoms with Gasteiger partial charge in [-0.3, -0.25) is 0 Å². The smallest absolute Gasteiger partial charge is 0.317 e. The van der Waals surface area contributed by atoms with Crippen molar-refractivity contribution in [3.05, 3.63) is 17.5 Å². The number of rotatable bonds is 3. The Morgan fingerprint density at radius 3 is 2.93 bits per heavy atom. The molecule has 0 aliphatic carbocycles. The van der Waals surface area contributed by atoms with Gasteiger partial charge in [-0.1, -0.05) is 0 Å². The standard InChI is InChI=1S/C9H13N3O2/c1-6-7(2-10)3-11-9(12-6)14-8-4-13-5-8/h3,8H,2,4-5,10H2,1H3. The largest absolute Gasteiger partial charge is 0.455 e. The second kappa shape index (κ2) is 3.89. The Bertz CT molecular complexity index is 326. The molecule has 0 saturated carbocycles. The second-order valence-corrected chi connectivity index (χ2v) is 3.24. The molecular weight excluding hydrogens is 182 g/mol. The van der Waals surface area contributed by atoms with Gasteiger partial charge in [-0.25, -0.2) is 9.97 Å². The molecule has 0 spiro atoms. The summed E-state index contributed by atoms with van der Waals surface area (Å²) in [5.74, 6) is 0. The van der Waals surface area contributed by atoms with Gasteiger partial charge in [0.15, 0.2) is 0 Å². The van der Waals surface area contributed by atoms with Crippen molar-refractivity contribution in [3.63, 3.8) is 0 Å². The van der Waals surface area contributed by atoms with Gasteiger partial charge in [-0.2, -0.15) is 0 Å². The van der Waals surface area contributed by atoms with Crippen LogP contribution in [0.2, 0.25) is 0 Å². The SMILES string of the molecule is Cc1nc(OC2COC2)ncc1CN. The van der Waals surface area contributed by atoms with Gasteiger partial charge in [0.25, 0.3) is 0 Å². The first-order chi connectivity index (χ1) is 6.79. The number of nitrogens with two attached hydrogens (primary N) is 1. The average Bonchev–Trinajstić information content (AvgIpc) is 2.12. The summed E-state index contributed by atoms with van der Waals surface area (Å²) >= 11 is 0. The molecule has 1 aromatic rings. The van der Waals surface area contributed by atoms with Crippen molar-refractivity contribution in [2.45, 2.75) is 19.6 Å². The third kappa shape index (κ3) is 1.83. The molecule has 1 aromatic heterocycles. The lowest BCUT2D eigenvalue weighted by molar-refractivity contribution is -0.0832. The summed E-state index contributed by atoms with van der Waals surface area (Å²) in [7, 11) is 0. The van der Waals surface area contributed by atoms with E-state index in [1.165, 1.54) is 0 Å². The van der Waals surface area contributed by atoms with E-state index in [1.54, 1.807) is 6.20 Å². The highest BCUT2D eigenvalue weighted by Gasteiger charge is 2.21. The van der Waals surface area contributed by atoms with Crippen molar-refractivity contribution in [2.24, 2.45) is 5.73 Å². The van der Waals surface area contributed by atoms with Gasteiger partial charge in [-0.15, -0.1) is 0 Å². The van der Waals surface area contributed by atoms with Crippen molar-refractivity contribution in [3.8, 4) is 6.01 Å². The van der Waals surface area contributed by atoms with Crippen molar-refractivity contribution >= 4 is 0 Å². The van der Waals surface area contributed by atoms with E-state index >= 15 is 0 Å². The van der Waals surface area contributed by atoms with E-state index in [0.717, 1.165) is 11.3 Å². The van der Waals surface area contributed by atoms with Crippen molar-refractivity contribution < 1.29 is 9.47 Å². The zero-order chi connectivity index (χ0) is 9.97. The Labute approximate surface area is 82.3 Å². The fraction of sp³-hybridized carbons (Fsp3) is 0.556. The number of hydrogen-bond acceptors (Lipinski definition) is 5. The minimum atomic E-state index is 0.109. The van der Waals surface area contributed by atoms with Gasteiger partial charge in [0, 0.05) is 24.0 Å². The van der Waals surface area contributed by atoms with Crippen molar-refractivity contribution in [2.75, 3.05) is 13.2 Å². The van der Waals surface area contributed by atoms with Crippen LogP contribution < -0.4 is 10.5 Å². The Morgan fingerprint density at radius 2 is 2.43 bits per heavy atom. The number of aromatic nitrogens is 2. The number of nitrogens with zero attached hydrogens (tertiary/aromatic N) is 2. The molecule has 0 unspecified atom stereocenters. The fourth-order valence-electron chi connectivity index (χ4n) is 1.16. The molecular formula is C9H13N3O2. The molecule has 5 heteroatoms. The minimum absolute atomic E-state index is 0.109. The molecule has 14 heavy (non-hydrogen) atoms. The van der Waals surface area contributed by atoms with E-state index in [1.807, 2.05) is 6.92 Å². The highest BCUT2D eigenvalue weighted by molar-refractivity contribution is 5.17. The predicted molar refractivity (Wildman–Crippen MR) is 49.9 cm³/mol. The maximum absolute atomic E-state index is 5.50. The fourth-order valence-corrected chi connectivity index (χ4v) is 1.16. The first kappa shape index (κ1) is 9.36.